The molecule has 3 aromatic carbocycles. The molecule has 3 rings (SSSR count). The van der Waals surface area contributed by atoms with E-state index in [0.717, 1.165) is 17.9 Å². The molecule has 0 aliphatic heterocycles. The van der Waals surface area contributed by atoms with Gasteiger partial charge in [-0.2, -0.15) is 0 Å². The van der Waals surface area contributed by atoms with E-state index in [9.17, 15) is 4.79 Å². The molecule has 0 bridgehead atoms. The Bertz CT molecular complexity index is 1030. The zero-order valence-electron chi connectivity index (χ0n) is 18.1. The van der Waals surface area contributed by atoms with Crippen LogP contribution in [-0.2, 0) is 11.8 Å². The fraction of sp³-hybridized carbons (Fsp3) is 0.231. The second-order valence-corrected chi connectivity index (χ2v) is 8.76. The van der Waals surface area contributed by atoms with Gasteiger partial charge in [-0.15, -0.1) is 0 Å². The first-order valence-electron chi connectivity index (χ1n) is 10.3. The van der Waals surface area contributed by atoms with Gasteiger partial charge < -0.3 is 10.1 Å². The van der Waals surface area contributed by atoms with Crippen molar-refractivity contribution < 1.29 is 9.53 Å². The number of amides is 1. The number of rotatable bonds is 6. The summed E-state index contributed by atoms with van der Waals surface area (Å²) < 4.78 is 5.85. The number of nitrogens with one attached hydrogen (secondary N) is 2. The molecule has 0 aromatic heterocycles. The zero-order valence-corrected chi connectivity index (χ0v) is 19.0. The smallest absolute Gasteiger partial charge is 0.257 e. The fourth-order valence-corrected chi connectivity index (χ4v) is 3.26. The lowest BCUT2D eigenvalue weighted by Crippen LogP contribution is -2.34. The molecule has 1 amide bonds. The summed E-state index contributed by atoms with van der Waals surface area (Å²) in [5, 5.41) is 6.02. The van der Waals surface area contributed by atoms with Crippen LogP contribution in [-0.4, -0.2) is 17.6 Å². The van der Waals surface area contributed by atoms with Crippen molar-refractivity contribution in [1.29, 1.82) is 0 Å². The largest absolute Gasteiger partial charge is 0.493 e. The molecule has 0 radical (unpaired) electrons. The first-order valence-corrected chi connectivity index (χ1v) is 10.7. The number of hydrogen-bond acceptors (Lipinski definition) is 3. The summed E-state index contributed by atoms with van der Waals surface area (Å²) in [4.78, 5) is 12.5. The molecule has 0 unspecified atom stereocenters. The summed E-state index contributed by atoms with van der Waals surface area (Å²) in [5.74, 6) is 0.501. The van der Waals surface area contributed by atoms with E-state index in [1.807, 2.05) is 66.7 Å². The van der Waals surface area contributed by atoms with Crippen molar-refractivity contribution >= 4 is 28.9 Å². The number of hydrogen-bond donors (Lipinski definition) is 2. The van der Waals surface area contributed by atoms with Crippen molar-refractivity contribution in [3.05, 3.63) is 95.6 Å². The van der Waals surface area contributed by atoms with E-state index in [-0.39, 0.29) is 16.4 Å². The molecule has 5 heteroatoms. The highest BCUT2D eigenvalue weighted by atomic mass is 32.1. The zero-order chi connectivity index (χ0) is 22.3. The van der Waals surface area contributed by atoms with Gasteiger partial charge in [0.05, 0.1) is 6.61 Å². The highest BCUT2D eigenvalue weighted by molar-refractivity contribution is 7.80. The van der Waals surface area contributed by atoms with E-state index in [2.05, 4.69) is 43.5 Å². The molecular formula is C26H28N2O2S. The second kappa shape index (κ2) is 10.2. The maximum Gasteiger partial charge on any atom is 0.257 e. The fourth-order valence-electron chi connectivity index (χ4n) is 3.05. The third kappa shape index (κ3) is 6.93. The normalized spacial score (nSPS) is 10.9. The topological polar surface area (TPSA) is 50.4 Å². The highest BCUT2D eigenvalue weighted by Crippen LogP contribution is 2.22. The molecule has 0 heterocycles. The summed E-state index contributed by atoms with van der Waals surface area (Å²) in [7, 11) is 0. The van der Waals surface area contributed by atoms with Crippen LogP contribution in [0, 0.1) is 0 Å². The second-order valence-electron chi connectivity index (χ2n) is 8.35. The molecule has 160 valence electrons. The quantitative estimate of drug-likeness (QED) is 0.488. The Morgan fingerprint density at radius 2 is 1.65 bits per heavy atom. The molecule has 0 spiro atoms. The summed E-state index contributed by atoms with van der Waals surface area (Å²) in [6, 6.07) is 25.3. The van der Waals surface area contributed by atoms with E-state index in [1.165, 1.54) is 11.1 Å². The molecule has 0 atom stereocenters. The standard InChI is InChI=1S/C26H28N2O2S/c1-26(2,3)21-14-12-20(13-15-21)24(29)28-25(31)27-22-10-7-11-23(18-22)30-17-16-19-8-5-4-6-9-19/h4-15,18H,16-17H2,1-3H3,(H2,27,28,29,31). The van der Waals surface area contributed by atoms with Crippen molar-refractivity contribution in [2.24, 2.45) is 0 Å². The highest BCUT2D eigenvalue weighted by Gasteiger charge is 2.14. The van der Waals surface area contributed by atoms with Crippen molar-refractivity contribution in [2.45, 2.75) is 32.6 Å². The summed E-state index contributed by atoms with van der Waals surface area (Å²) in [6.45, 7) is 7.00. The van der Waals surface area contributed by atoms with Gasteiger partial charge in [0.1, 0.15) is 5.75 Å². The average Bonchev–Trinajstić information content (AvgIpc) is 2.74. The Morgan fingerprint density at radius 1 is 0.935 bits per heavy atom. The van der Waals surface area contributed by atoms with Crippen LogP contribution in [0.1, 0.15) is 42.3 Å². The molecule has 4 nitrogen and oxygen atoms in total. The molecular weight excluding hydrogens is 404 g/mol. The van der Waals surface area contributed by atoms with Crippen LogP contribution in [0.5, 0.6) is 5.75 Å². The minimum atomic E-state index is -0.242. The lowest BCUT2D eigenvalue weighted by atomic mass is 9.87. The Labute approximate surface area is 189 Å². The number of anilines is 1. The van der Waals surface area contributed by atoms with Crippen LogP contribution in [0.3, 0.4) is 0 Å². The van der Waals surface area contributed by atoms with Crippen LogP contribution in [0.2, 0.25) is 0 Å². The molecule has 2 N–H and O–H groups in total. The molecule has 0 aliphatic rings. The molecule has 0 aliphatic carbocycles. The van der Waals surface area contributed by atoms with Gasteiger partial charge in [0.2, 0.25) is 0 Å². The number of thiocarbonyl (C=S) groups is 1. The maximum absolute atomic E-state index is 12.5. The average molecular weight is 433 g/mol. The van der Waals surface area contributed by atoms with E-state index >= 15 is 0 Å². The van der Waals surface area contributed by atoms with Gasteiger partial charge in [-0.05, 0) is 53.0 Å². The summed E-state index contributed by atoms with van der Waals surface area (Å²) >= 11 is 5.31. The van der Waals surface area contributed by atoms with E-state index in [0.29, 0.717) is 12.2 Å². The SMILES string of the molecule is CC(C)(C)c1ccc(C(=O)NC(=S)Nc2cccc(OCCc3ccccc3)c2)cc1. The van der Waals surface area contributed by atoms with Gasteiger partial charge in [-0.1, -0.05) is 69.3 Å². The lowest BCUT2D eigenvalue weighted by Gasteiger charge is -2.19. The van der Waals surface area contributed by atoms with Crippen LogP contribution in [0.15, 0.2) is 78.9 Å². The number of benzene rings is 3. The van der Waals surface area contributed by atoms with Gasteiger partial charge in [0, 0.05) is 23.7 Å². The first-order chi connectivity index (χ1) is 14.8. The van der Waals surface area contributed by atoms with Crippen molar-refractivity contribution in [3.8, 4) is 5.75 Å². The van der Waals surface area contributed by atoms with Crippen LogP contribution < -0.4 is 15.4 Å². The monoisotopic (exact) mass is 432 g/mol. The molecule has 0 fully saturated rings. The Hall–Kier alpha value is -3.18. The third-order valence-electron chi connectivity index (χ3n) is 4.83. The van der Waals surface area contributed by atoms with Gasteiger partial charge in [0.25, 0.3) is 5.91 Å². The van der Waals surface area contributed by atoms with Gasteiger partial charge in [-0.3, -0.25) is 10.1 Å². The number of carbonyl (C=O) groups is 1. The maximum atomic E-state index is 12.5. The summed E-state index contributed by atoms with van der Waals surface area (Å²) in [5.41, 5.74) is 3.77. The van der Waals surface area contributed by atoms with E-state index in [4.69, 9.17) is 17.0 Å². The Morgan fingerprint density at radius 3 is 2.32 bits per heavy atom. The van der Waals surface area contributed by atoms with Crippen molar-refractivity contribution in [1.82, 2.24) is 5.32 Å². The molecule has 31 heavy (non-hydrogen) atoms. The van der Waals surface area contributed by atoms with Gasteiger partial charge in [-0.25, -0.2) is 0 Å². The lowest BCUT2D eigenvalue weighted by molar-refractivity contribution is 0.0977. The summed E-state index contributed by atoms with van der Waals surface area (Å²) in [6.07, 6.45) is 0.834. The van der Waals surface area contributed by atoms with Crippen molar-refractivity contribution in [3.63, 3.8) is 0 Å². The van der Waals surface area contributed by atoms with Gasteiger partial charge in [0.15, 0.2) is 5.11 Å². The predicted octanol–water partition coefficient (Wildman–Crippen LogP) is 5.73. The van der Waals surface area contributed by atoms with E-state index in [1.54, 1.807) is 0 Å². The Kier molecular flexibility index (Phi) is 7.42. The van der Waals surface area contributed by atoms with Crippen LogP contribution in [0.25, 0.3) is 0 Å². The predicted molar refractivity (Wildman–Crippen MR) is 131 cm³/mol. The van der Waals surface area contributed by atoms with Crippen LogP contribution in [0.4, 0.5) is 5.69 Å². The van der Waals surface area contributed by atoms with Crippen LogP contribution >= 0.6 is 12.2 Å². The van der Waals surface area contributed by atoms with E-state index < -0.39 is 0 Å². The first kappa shape index (κ1) is 22.5. The number of ether oxygens (including phenoxy) is 1. The molecule has 0 saturated heterocycles. The molecule has 3 aromatic rings. The minimum absolute atomic E-state index is 0.0417. The van der Waals surface area contributed by atoms with Gasteiger partial charge >= 0.3 is 0 Å². The molecule has 0 saturated carbocycles. The number of carbonyl (C=O) groups excluding carboxylic acids is 1. The Balaban J connectivity index is 1.52. The van der Waals surface area contributed by atoms with Crippen molar-refractivity contribution in [2.75, 3.05) is 11.9 Å². The minimum Gasteiger partial charge on any atom is -0.493 e. The third-order valence-corrected chi connectivity index (χ3v) is 5.04.